The molecule has 0 unspecified atom stereocenters. The van der Waals surface area contributed by atoms with E-state index in [4.69, 9.17) is 4.74 Å². The average Bonchev–Trinajstić information content (AvgIpc) is 2.02. The molecule has 0 atom stereocenters. The maximum absolute atomic E-state index is 5.62. The quantitative estimate of drug-likeness (QED) is 0.550. The molecule has 0 radical (unpaired) electrons. The lowest BCUT2D eigenvalue weighted by atomic mass is 10.1. The number of rotatable bonds is 3. The molecular formula is C10H19NOS. The Morgan fingerprint density at radius 3 is 2.85 bits per heavy atom. The van der Waals surface area contributed by atoms with Crippen LogP contribution in [0.2, 0.25) is 0 Å². The molecule has 0 aliphatic carbocycles. The molecule has 1 aliphatic rings. The fraction of sp³-hybridized carbons (Fsp3) is 0.800. The van der Waals surface area contributed by atoms with Crippen molar-refractivity contribution in [3.8, 4) is 0 Å². The van der Waals surface area contributed by atoms with Crippen LogP contribution in [-0.4, -0.2) is 42.5 Å². The first-order valence-corrected chi connectivity index (χ1v) is 5.30. The summed E-state index contributed by atoms with van der Waals surface area (Å²) in [5.74, 6) is 0.776. The van der Waals surface area contributed by atoms with Crippen LogP contribution in [0.4, 0.5) is 0 Å². The zero-order valence-electron chi connectivity index (χ0n) is 8.55. The molecule has 0 N–H and O–H groups in total. The van der Waals surface area contributed by atoms with Crippen LogP contribution < -0.4 is 0 Å². The second kappa shape index (κ2) is 4.49. The highest BCUT2D eigenvalue weighted by molar-refractivity contribution is 7.80. The lowest BCUT2D eigenvalue weighted by Gasteiger charge is -2.38. The maximum atomic E-state index is 5.62. The molecule has 0 saturated carbocycles. The number of morpholine rings is 1. The molecule has 1 saturated heterocycles. The zero-order valence-corrected chi connectivity index (χ0v) is 9.44. The van der Waals surface area contributed by atoms with Gasteiger partial charge in [-0.1, -0.05) is 12.2 Å². The minimum Gasteiger partial charge on any atom is -0.373 e. The highest BCUT2D eigenvalue weighted by Crippen LogP contribution is 2.16. The molecule has 76 valence electrons. The third kappa shape index (κ3) is 3.71. The van der Waals surface area contributed by atoms with Crippen molar-refractivity contribution in [2.75, 3.05) is 32.0 Å². The first kappa shape index (κ1) is 11.1. The third-order valence-electron chi connectivity index (χ3n) is 2.18. The molecule has 1 fully saturated rings. The number of hydrogen-bond donors (Lipinski definition) is 1. The van der Waals surface area contributed by atoms with Crippen molar-refractivity contribution in [1.82, 2.24) is 4.90 Å². The first-order valence-electron chi connectivity index (χ1n) is 4.67. The van der Waals surface area contributed by atoms with E-state index < -0.39 is 0 Å². The Morgan fingerprint density at radius 2 is 2.31 bits per heavy atom. The number of nitrogens with zero attached hydrogens (tertiary/aromatic N) is 1. The van der Waals surface area contributed by atoms with Gasteiger partial charge in [0.25, 0.3) is 0 Å². The van der Waals surface area contributed by atoms with Gasteiger partial charge in [0.2, 0.25) is 0 Å². The Balaban J connectivity index is 2.39. The van der Waals surface area contributed by atoms with E-state index in [0.717, 1.165) is 32.0 Å². The summed E-state index contributed by atoms with van der Waals surface area (Å²) in [6, 6.07) is 0. The number of hydrogen-bond acceptors (Lipinski definition) is 3. The summed E-state index contributed by atoms with van der Waals surface area (Å²) in [5.41, 5.74) is 1.18. The molecule has 13 heavy (non-hydrogen) atoms. The predicted octanol–water partition coefficient (Wildman–Crippen LogP) is 1.58. The van der Waals surface area contributed by atoms with E-state index in [-0.39, 0.29) is 5.60 Å². The van der Waals surface area contributed by atoms with Gasteiger partial charge in [-0.25, -0.2) is 0 Å². The Labute approximate surface area is 86.4 Å². The summed E-state index contributed by atoms with van der Waals surface area (Å²) >= 11 is 4.20. The van der Waals surface area contributed by atoms with E-state index in [1.807, 2.05) is 0 Å². The minimum absolute atomic E-state index is 0.00483. The summed E-state index contributed by atoms with van der Waals surface area (Å²) in [6.45, 7) is 12.0. The predicted molar refractivity (Wildman–Crippen MR) is 59.5 cm³/mol. The van der Waals surface area contributed by atoms with Crippen LogP contribution in [0, 0.1) is 0 Å². The summed E-state index contributed by atoms with van der Waals surface area (Å²) in [4.78, 5) is 2.38. The second-order valence-electron chi connectivity index (χ2n) is 4.23. The van der Waals surface area contributed by atoms with Gasteiger partial charge >= 0.3 is 0 Å². The van der Waals surface area contributed by atoms with Crippen molar-refractivity contribution in [3.05, 3.63) is 12.2 Å². The molecule has 1 rings (SSSR count). The Morgan fingerprint density at radius 1 is 1.62 bits per heavy atom. The van der Waals surface area contributed by atoms with Crippen molar-refractivity contribution < 1.29 is 4.74 Å². The zero-order chi connectivity index (χ0) is 9.90. The summed E-state index contributed by atoms with van der Waals surface area (Å²) in [6.07, 6.45) is 0. The van der Waals surface area contributed by atoms with Crippen LogP contribution in [0.1, 0.15) is 13.8 Å². The second-order valence-corrected chi connectivity index (χ2v) is 4.54. The van der Waals surface area contributed by atoms with Gasteiger partial charge in [0.15, 0.2) is 0 Å². The fourth-order valence-corrected chi connectivity index (χ4v) is 1.72. The maximum Gasteiger partial charge on any atom is 0.0753 e. The van der Waals surface area contributed by atoms with Gasteiger partial charge in [-0.05, 0) is 13.8 Å². The largest absolute Gasteiger partial charge is 0.373 e. The monoisotopic (exact) mass is 201 g/mol. The Bertz CT molecular complexity index is 191. The normalized spacial score (nSPS) is 23.0. The third-order valence-corrected chi connectivity index (χ3v) is 2.62. The van der Waals surface area contributed by atoms with Crippen molar-refractivity contribution in [1.29, 1.82) is 0 Å². The van der Waals surface area contributed by atoms with Crippen molar-refractivity contribution in [2.24, 2.45) is 0 Å². The van der Waals surface area contributed by atoms with Gasteiger partial charge in [0.05, 0.1) is 12.2 Å². The topological polar surface area (TPSA) is 12.5 Å². The number of thiol groups is 1. The van der Waals surface area contributed by atoms with Crippen molar-refractivity contribution in [2.45, 2.75) is 19.4 Å². The molecule has 0 bridgehead atoms. The van der Waals surface area contributed by atoms with E-state index in [1.165, 1.54) is 5.57 Å². The smallest absolute Gasteiger partial charge is 0.0753 e. The van der Waals surface area contributed by atoms with Gasteiger partial charge < -0.3 is 4.74 Å². The van der Waals surface area contributed by atoms with E-state index in [2.05, 4.69) is 38.0 Å². The fourth-order valence-electron chi connectivity index (χ4n) is 1.62. The lowest BCUT2D eigenvalue weighted by Crippen LogP contribution is -2.48. The van der Waals surface area contributed by atoms with Crippen LogP contribution in [-0.2, 0) is 4.74 Å². The summed E-state index contributed by atoms with van der Waals surface area (Å²) in [5, 5.41) is 0. The van der Waals surface area contributed by atoms with Crippen LogP contribution >= 0.6 is 12.6 Å². The molecule has 0 aromatic heterocycles. The average molecular weight is 201 g/mol. The van der Waals surface area contributed by atoms with Crippen molar-refractivity contribution >= 4 is 12.6 Å². The Hall–Kier alpha value is 0.01000. The van der Waals surface area contributed by atoms with Gasteiger partial charge in [-0.3, -0.25) is 4.90 Å². The van der Waals surface area contributed by atoms with Crippen LogP contribution in [0.15, 0.2) is 12.2 Å². The van der Waals surface area contributed by atoms with Crippen molar-refractivity contribution in [3.63, 3.8) is 0 Å². The first-order chi connectivity index (χ1) is 6.03. The van der Waals surface area contributed by atoms with Gasteiger partial charge in [-0.2, -0.15) is 12.6 Å². The van der Waals surface area contributed by atoms with Crippen LogP contribution in [0.3, 0.4) is 0 Å². The number of ether oxygens (including phenoxy) is 1. The lowest BCUT2D eigenvalue weighted by molar-refractivity contribution is -0.0834. The van der Waals surface area contributed by atoms with Crippen LogP contribution in [0.25, 0.3) is 0 Å². The van der Waals surface area contributed by atoms with Gasteiger partial charge in [0, 0.05) is 25.4 Å². The molecule has 1 heterocycles. The molecule has 0 aromatic rings. The standard InChI is InChI=1S/C10H19NOS/c1-9(7-13)6-11-4-5-12-10(2,3)8-11/h13H,1,4-8H2,2-3H3. The highest BCUT2D eigenvalue weighted by atomic mass is 32.1. The summed E-state index contributed by atoms with van der Waals surface area (Å²) < 4.78 is 5.62. The van der Waals surface area contributed by atoms with E-state index in [9.17, 15) is 0 Å². The molecule has 1 aliphatic heterocycles. The Kier molecular flexibility index (Phi) is 3.83. The molecule has 0 aromatic carbocycles. The molecule has 3 heteroatoms. The highest BCUT2D eigenvalue weighted by Gasteiger charge is 2.26. The molecule has 0 amide bonds. The molecule has 2 nitrogen and oxygen atoms in total. The molecular weight excluding hydrogens is 182 g/mol. The SMILES string of the molecule is C=C(CS)CN1CCOC(C)(C)C1. The summed E-state index contributed by atoms with van der Waals surface area (Å²) in [7, 11) is 0. The van der Waals surface area contributed by atoms with E-state index in [1.54, 1.807) is 0 Å². The van der Waals surface area contributed by atoms with Gasteiger partial charge in [0.1, 0.15) is 0 Å². The van der Waals surface area contributed by atoms with E-state index >= 15 is 0 Å². The molecule has 0 spiro atoms. The van der Waals surface area contributed by atoms with Crippen LogP contribution in [0.5, 0.6) is 0 Å². The van der Waals surface area contributed by atoms with E-state index in [0.29, 0.717) is 0 Å². The van der Waals surface area contributed by atoms with Gasteiger partial charge in [-0.15, -0.1) is 0 Å². The minimum atomic E-state index is -0.00483.